The maximum absolute atomic E-state index is 11.8. The van der Waals surface area contributed by atoms with Gasteiger partial charge < -0.3 is 15.0 Å². The first-order valence-electron chi connectivity index (χ1n) is 7.95. The fourth-order valence-electron chi connectivity index (χ4n) is 2.23. The van der Waals surface area contributed by atoms with Crippen LogP contribution in [0.5, 0.6) is 5.88 Å². The Labute approximate surface area is 136 Å². The first-order valence-corrected chi connectivity index (χ1v) is 7.95. The number of likely N-dealkylation sites (N-methyl/N-ethyl adjacent to an activating group) is 1. The number of amides is 1. The molecule has 124 valence electrons. The zero-order valence-corrected chi connectivity index (χ0v) is 13.7. The van der Waals surface area contributed by atoms with Gasteiger partial charge in [-0.1, -0.05) is 44.2 Å². The van der Waals surface area contributed by atoms with E-state index in [0.29, 0.717) is 12.4 Å². The van der Waals surface area contributed by atoms with E-state index >= 15 is 0 Å². The SMILES string of the molecule is CCN(CC)CCNC(=O)COc1cc(-c2ccccc2)[nH]n1. The van der Waals surface area contributed by atoms with E-state index in [2.05, 4.69) is 34.3 Å². The number of ether oxygens (including phenoxy) is 1. The van der Waals surface area contributed by atoms with Gasteiger partial charge in [-0.15, -0.1) is 5.10 Å². The highest BCUT2D eigenvalue weighted by Crippen LogP contribution is 2.20. The third-order valence-corrected chi connectivity index (χ3v) is 3.63. The van der Waals surface area contributed by atoms with Gasteiger partial charge in [0.1, 0.15) is 0 Å². The molecule has 0 spiro atoms. The first kappa shape index (κ1) is 17.0. The molecule has 2 rings (SSSR count). The van der Waals surface area contributed by atoms with E-state index in [9.17, 15) is 4.79 Å². The lowest BCUT2D eigenvalue weighted by Gasteiger charge is -2.17. The molecule has 0 saturated heterocycles. The summed E-state index contributed by atoms with van der Waals surface area (Å²) in [5.41, 5.74) is 1.89. The Morgan fingerprint density at radius 2 is 2.00 bits per heavy atom. The van der Waals surface area contributed by atoms with Crippen LogP contribution >= 0.6 is 0 Å². The van der Waals surface area contributed by atoms with Crippen molar-refractivity contribution in [2.24, 2.45) is 0 Å². The number of hydrogen-bond acceptors (Lipinski definition) is 4. The van der Waals surface area contributed by atoms with Gasteiger partial charge in [-0.2, -0.15) is 0 Å². The van der Waals surface area contributed by atoms with Crippen molar-refractivity contribution in [2.75, 3.05) is 32.8 Å². The van der Waals surface area contributed by atoms with Crippen molar-refractivity contribution in [3.63, 3.8) is 0 Å². The maximum Gasteiger partial charge on any atom is 0.258 e. The van der Waals surface area contributed by atoms with Gasteiger partial charge in [-0.05, 0) is 18.7 Å². The number of hydrogen-bond donors (Lipinski definition) is 2. The molecular weight excluding hydrogens is 292 g/mol. The fourth-order valence-corrected chi connectivity index (χ4v) is 2.23. The second kappa shape index (κ2) is 8.95. The van der Waals surface area contributed by atoms with Crippen molar-refractivity contribution in [3.8, 4) is 17.1 Å². The lowest BCUT2D eigenvalue weighted by Crippen LogP contribution is -2.36. The molecule has 2 N–H and O–H groups in total. The molecule has 0 atom stereocenters. The molecule has 0 unspecified atom stereocenters. The lowest BCUT2D eigenvalue weighted by atomic mass is 10.2. The van der Waals surface area contributed by atoms with Crippen molar-refractivity contribution < 1.29 is 9.53 Å². The van der Waals surface area contributed by atoms with Crippen LogP contribution in [0.2, 0.25) is 0 Å². The van der Waals surface area contributed by atoms with Gasteiger partial charge in [-0.3, -0.25) is 9.89 Å². The zero-order chi connectivity index (χ0) is 16.5. The summed E-state index contributed by atoms with van der Waals surface area (Å²) >= 11 is 0. The number of aromatic amines is 1. The monoisotopic (exact) mass is 316 g/mol. The van der Waals surface area contributed by atoms with Gasteiger partial charge in [0.2, 0.25) is 5.88 Å². The number of benzene rings is 1. The van der Waals surface area contributed by atoms with Gasteiger partial charge in [-0.25, -0.2) is 0 Å². The average molecular weight is 316 g/mol. The predicted molar refractivity (Wildman–Crippen MR) is 90.3 cm³/mol. The van der Waals surface area contributed by atoms with Crippen LogP contribution in [0.4, 0.5) is 0 Å². The maximum atomic E-state index is 11.8. The summed E-state index contributed by atoms with van der Waals surface area (Å²) in [6.07, 6.45) is 0. The minimum Gasteiger partial charge on any atom is -0.466 e. The van der Waals surface area contributed by atoms with Crippen LogP contribution in [-0.2, 0) is 4.79 Å². The molecule has 0 bridgehead atoms. The lowest BCUT2D eigenvalue weighted by molar-refractivity contribution is -0.123. The number of nitrogens with one attached hydrogen (secondary N) is 2. The second-order valence-corrected chi connectivity index (χ2v) is 5.15. The van der Waals surface area contributed by atoms with E-state index in [1.54, 1.807) is 6.07 Å². The fraction of sp³-hybridized carbons (Fsp3) is 0.412. The minimum atomic E-state index is -0.138. The standard InChI is InChI=1S/C17H24N4O2/c1-3-21(4-2)11-10-18-16(22)13-23-17-12-15(19-20-17)14-8-6-5-7-9-14/h5-9,12H,3-4,10-11,13H2,1-2H3,(H,18,22)(H,19,20). The topological polar surface area (TPSA) is 70.2 Å². The Hall–Kier alpha value is -2.34. The molecule has 23 heavy (non-hydrogen) atoms. The van der Waals surface area contributed by atoms with Gasteiger partial charge in [0, 0.05) is 19.2 Å². The molecule has 0 radical (unpaired) electrons. The van der Waals surface area contributed by atoms with Crippen LogP contribution in [-0.4, -0.2) is 53.8 Å². The average Bonchev–Trinajstić information content (AvgIpc) is 3.07. The van der Waals surface area contributed by atoms with Crippen LogP contribution in [0, 0.1) is 0 Å². The molecule has 0 fully saturated rings. The summed E-state index contributed by atoms with van der Waals surface area (Å²) in [7, 11) is 0. The molecule has 2 aromatic rings. The van der Waals surface area contributed by atoms with E-state index in [4.69, 9.17) is 4.74 Å². The highest BCUT2D eigenvalue weighted by Gasteiger charge is 2.07. The van der Waals surface area contributed by atoms with Crippen molar-refractivity contribution in [3.05, 3.63) is 36.4 Å². The highest BCUT2D eigenvalue weighted by atomic mass is 16.5. The third-order valence-electron chi connectivity index (χ3n) is 3.63. The smallest absolute Gasteiger partial charge is 0.258 e. The Morgan fingerprint density at radius 1 is 1.26 bits per heavy atom. The van der Waals surface area contributed by atoms with Crippen molar-refractivity contribution >= 4 is 5.91 Å². The molecule has 1 amide bonds. The molecular formula is C17H24N4O2. The van der Waals surface area contributed by atoms with E-state index in [1.807, 2.05) is 30.3 Å². The Bertz CT molecular complexity index is 594. The van der Waals surface area contributed by atoms with Crippen LogP contribution < -0.4 is 10.1 Å². The van der Waals surface area contributed by atoms with Gasteiger partial charge in [0.15, 0.2) is 6.61 Å². The summed E-state index contributed by atoms with van der Waals surface area (Å²) in [6, 6.07) is 11.6. The van der Waals surface area contributed by atoms with Gasteiger partial charge in [0.05, 0.1) is 5.69 Å². The molecule has 1 aromatic carbocycles. The minimum absolute atomic E-state index is 0.0304. The van der Waals surface area contributed by atoms with E-state index in [-0.39, 0.29) is 12.5 Å². The molecule has 0 aliphatic rings. The van der Waals surface area contributed by atoms with Crippen LogP contribution in [0.1, 0.15) is 13.8 Å². The molecule has 1 aromatic heterocycles. The first-order chi connectivity index (χ1) is 11.2. The van der Waals surface area contributed by atoms with Crippen molar-refractivity contribution in [1.82, 2.24) is 20.4 Å². The van der Waals surface area contributed by atoms with Crippen LogP contribution in [0.25, 0.3) is 11.3 Å². The molecule has 6 nitrogen and oxygen atoms in total. The van der Waals surface area contributed by atoms with E-state index in [0.717, 1.165) is 30.9 Å². The summed E-state index contributed by atoms with van der Waals surface area (Å²) in [6.45, 7) is 7.62. The summed E-state index contributed by atoms with van der Waals surface area (Å²) in [5.74, 6) is 0.282. The Morgan fingerprint density at radius 3 is 2.70 bits per heavy atom. The normalized spacial score (nSPS) is 10.7. The summed E-state index contributed by atoms with van der Waals surface area (Å²) in [4.78, 5) is 14.0. The van der Waals surface area contributed by atoms with E-state index in [1.165, 1.54) is 0 Å². The quantitative estimate of drug-likeness (QED) is 0.741. The number of nitrogens with zero attached hydrogens (tertiary/aromatic N) is 2. The number of H-pyrrole nitrogens is 1. The van der Waals surface area contributed by atoms with E-state index < -0.39 is 0 Å². The van der Waals surface area contributed by atoms with Crippen LogP contribution in [0.3, 0.4) is 0 Å². The largest absolute Gasteiger partial charge is 0.466 e. The molecule has 1 heterocycles. The zero-order valence-electron chi connectivity index (χ0n) is 13.7. The third kappa shape index (κ3) is 5.41. The van der Waals surface area contributed by atoms with Gasteiger partial charge >= 0.3 is 0 Å². The Balaban J connectivity index is 1.74. The molecule has 0 aliphatic carbocycles. The van der Waals surface area contributed by atoms with Gasteiger partial charge in [0.25, 0.3) is 5.91 Å². The number of aromatic nitrogens is 2. The Kier molecular flexibility index (Phi) is 6.62. The van der Waals surface area contributed by atoms with Crippen molar-refractivity contribution in [2.45, 2.75) is 13.8 Å². The number of carbonyl (C=O) groups excluding carboxylic acids is 1. The highest BCUT2D eigenvalue weighted by molar-refractivity contribution is 5.77. The number of rotatable bonds is 9. The molecule has 0 aliphatic heterocycles. The number of carbonyl (C=O) groups is 1. The second-order valence-electron chi connectivity index (χ2n) is 5.15. The van der Waals surface area contributed by atoms with Crippen molar-refractivity contribution in [1.29, 1.82) is 0 Å². The summed E-state index contributed by atoms with van der Waals surface area (Å²) < 4.78 is 5.41. The van der Waals surface area contributed by atoms with Crippen LogP contribution in [0.15, 0.2) is 36.4 Å². The summed E-state index contributed by atoms with van der Waals surface area (Å²) in [5, 5.41) is 9.82. The predicted octanol–water partition coefficient (Wildman–Crippen LogP) is 1.91. The molecule has 0 saturated carbocycles. The molecule has 6 heteroatoms.